The summed E-state index contributed by atoms with van der Waals surface area (Å²) in [7, 11) is 0.309. The highest BCUT2D eigenvalue weighted by Gasteiger charge is 2.49. The van der Waals surface area contributed by atoms with Crippen LogP contribution < -0.4 is 14.8 Å². The van der Waals surface area contributed by atoms with Crippen LogP contribution in [-0.4, -0.2) is 44.1 Å². The van der Waals surface area contributed by atoms with Gasteiger partial charge in [0.15, 0.2) is 5.65 Å². The Labute approximate surface area is 207 Å². The first kappa shape index (κ1) is 23.5. The molecule has 7 nitrogen and oxygen atoms in total. The molecule has 3 heterocycles. The summed E-state index contributed by atoms with van der Waals surface area (Å²) in [6, 6.07) is 10.0. The van der Waals surface area contributed by atoms with E-state index in [2.05, 4.69) is 27.0 Å². The molecule has 0 bridgehead atoms. The van der Waals surface area contributed by atoms with Crippen LogP contribution in [0.3, 0.4) is 0 Å². The number of benzene rings is 1. The third-order valence-electron chi connectivity index (χ3n) is 7.69. The van der Waals surface area contributed by atoms with E-state index in [4.69, 9.17) is 26.5 Å². The maximum atomic E-state index is 12.3. The number of ether oxygens (including phenoxy) is 1. The van der Waals surface area contributed by atoms with E-state index >= 15 is 0 Å². The number of anilines is 1. The number of rotatable bonds is 5. The number of hydrogen-bond acceptors (Lipinski definition) is 6. The van der Waals surface area contributed by atoms with Crippen LogP contribution in [0.25, 0.3) is 11.2 Å². The fourth-order valence-electron chi connectivity index (χ4n) is 5.66. The van der Waals surface area contributed by atoms with E-state index < -0.39 is 15.7 Å². The summed E-state index contributed by atoms with van der Waals surface area (Å²) >= 11 is 5.99. The van der Waals surface area contributed by atoms with Crippen molar-refractivity contribution in [2.45, 2.75) is 50.2 Å². The third kappa shape index (κ3) is 4.16. The van der Waals surface area contributed by atoms with E-state index in [1.54, 1.807) is 19.4 Å². The summed E-state index contributed by atoms with van der Waals surface area (Å²) in [6.07, 6.45) is 5.60. The standard InChI is InChI=1S/C25H30ClN5O2S/c1-24(2,34(27)32)14-19-18-5-4-17(33-3)12-16(18)13-25(19)8-10-31(11-9-25)22-15-28-23-20(29-22)6-7-21(26)30-23/h4-7,12,15,19H,8-11,13-14,27H2,1-3H3/t19-,34?/m1/s1. The maximum Gasteiger partial charge on any atom is 0.179 e. The number of pyridine rings is 1. The molecule has 2 aliphatic rings. The van der Waals surface area contributed by atoms with Crippen molar-refractivity contribution in [1.82, 2.24) is 15.0 Å². The number of fused-ring (bicyclic) bond motifs is 2. The van der Waals surface area contributed by atoms with Gasteiger partial charge in [-0.3, -0.25) is 5.14 Å². The average molecular weight is 500 g/mol. The highest BCUT2D eigenvalue weighted by atomic mass is 35.5. The van der Waals surface area contributed by atoms with Crippen LogP contribution in [0.2, 0.25) is 5.15 Å². The molecule has 2 aromatic heterocycles. The van der Waals surface area contributed by atoms with Gasteiger partial charge in [-0.15, -0.1) is 0 Å². The van der Waals surface area contributed by atoms with Crippen molar-refractivity contribution in [3.05, 3.63) is 52.8 Å². The van der Waals surface area contributed by atoms with E-state index in [0.29, 0.717) is 16.7 Å². The zero-order chi connectivity index (χ0) is 24.1. The molecule has 1 aliphatic heterocycles. The second kappa shape index (κ2) is 8.73. The van der Waals surface area contributed by atoms with Gasteiger partial charge in [0.25, 0.3) is 0 Å². The summed E-state index contributed by atoms with van der Waals surface area (Å²) in [5, 5.41) is 6.32. The number of aromatic nitrogens is 3. The molecule has 2 N–H and O–H groups in total. The minimum atomic E-state index is -1.40. The van der Waals surface area contributed by atoms with Gasteiger partial charge in [-0.1, -0.05) is 17.7 Å². The summed E-state index contributed by atoms with van der Waals surface area (Å²) in [5.41, 5.74) is 4.09. The molecule has 0 amide bonds. The molecule has 1 aromatic carbocycles. The number of nitrogens with two attached hydrogens (primary N) is 1. The number of methoxy groups -OCH3 is 1. The molecule has 5 rings (SSSR count). The third-order valence-corrected chi connectivity index (χ3v) is 9.16. The summed E-state index contributed by atoms with van der Waals surface area (Å²) in [4.78, 5) is 15.8. The lowest BCUT2D eigenvalue weighted by Crippen LogP contribution is -2.45. The van der Waals surface area contributed by atoms with Crippen molar-refractivity contribution >= 4 is 39.6 Å². The summed E-state index contributed by atoms with van der Waals surface area (Å²) in [6.45, 7) is 5.79. The number of piperidine rings is 1. The number of hydrogen-bond donors (Lipinski definition) is 1. The lowest BCUT2D eigenvalue weighted by atomic mass is 9.67. The Morgan fingerprint density at radius 3 is 2.71 bits per heavy atom. The Hall–Kier alpha value is -2.29. The molecule has 1 saturated heterocycles. The Morgan fingerprint density at radius 1 is 1.24 bits per heavy atom. The van der Waals surface area contributed by atoms with Crippen molar-refractivity contribution in [3.63, 3.8) is 0 Å². The molecule has 0 radical (unpaired) electrons. The normalized spacial score (nSPS) is 20.5. The van der Waals surface area contributed by atoms with Crippen molar-refractivity contribution in [2.24, 2.45) is 10.6 Å². The van der Waals surface area contributed by atoms with E-state index in [9.17, 15) is 4.21 Å². The monoisotopic (exact) mass is 499 g/mol. The number of nitrogens with zero attached hydrogens (tertiary/aromatic N) is 4. The van der Waals surface area contributed by atoms with E-state index in [-0.39, 0.29) is 5.41 Å². The van der Waals surface area contributed by atoms with Crippen molar-refractivity contribution < 1.29 is 8.95 Å². The molecule has 1 aliphatic carbocycles. The Morgan fingerprint density at radius 2 is 2.00 bits per heavy atom. The lowest BCUT2D eigenvalue weighted by molar-refractivity contribution is 0.170. The van der Waals surface area contributed by atoms with Gasteiger partial charge >= 0.3 is 0 Å². The molecule has 1 fully saturated rings. The summed E-state index contributed by atoms with van der Waals surface area (Å²) < 4.78 is 17.4. The highest BCUT2D eigenvalue weighted by Crippen LogP contribution is 2.57. The fraction of sp³-hybridized carbons (Fsp3) is 0.480. The van der Waals surface area contributed by atoms with Crippen LogP contribution in [0.15, 0.2) is 36.5 Å². The topological polar surface area (TPSA) is 94.2 Å². The van der Waals surface area contributed by atoms with Crippen molar-refractivity contribution in [2.75, 3.05) is 25.1 Å². The number of halogens is 1. The quantitative estimate of drug-likeness (QED) is 0.523. The van der Waals surface area contributed by atoms with E-state index in [1.807, 2.05) is 26.0 Å². The van der Waals surface area contributed by atoms with Crippen molar-refractivity contribution in [3.8, 4) is 5.75 Å². The van der Waals surface area contributed by atoms with Gasteiger partial charge in [-0.05, 0) is 86.3 Å². The Kier molecular flexibility index (Phi) is 6.02. The second-order valence-corrected chi connectivity index (χ2v) is 12.2. The Balaban J connectivity index is 1.42. The predicted molar refractivity (Wildman–Crippen MR) is 137 cm³/mol. The molecular weight excluding hydrogens is 470 g/mol. The van der Waals surface area contributed by atoms with Crippen LogP contribution in [0.4, 0.5) is 5.82 Å². The van der Waals surface area contributed by atoms with Crippen molar-refractivity contribution in [1.29, 1.82) is 0 Å². The van der Waals surface area contributed by atoms with E-state index in [1.165, 1.54) is 11.1 Å². The second-order valence-electron chi connectivity index (χ2n) is 10.1. The predicted octanol–water partition coefficient (Wildman–Crippen LogP) is 4.40. The molecule has 2 atom stereocenters. The van der Waals surface area contributed by atoms with Crippen LogP contribution >= 0.6 is 11.6 Å². The van der Waals surface area contributed by atoms with Gasteiger partial charge in [-0.25, -0.2) is 19.2 Å². The zero-order valence-electron chi connectivity index (χ0n) is 19.8. The average Bonchev–Trinajstić information content (AvgIpc) is 3.10. The van der Waals surface area contributed by atoms with Gasteiger partial charge in [0.05, 0.1) is 29.0 Å². The zero-order valence-corrected chi connectivity index (χ0v) is 21.3. The molecule has 1 spiro atoms. The molecule has 180 valence electrons. The smallest absolute Gasteiger partial charge is 0.179 e. The molecule has 34 heavy (non-hydrogen) atoms. The minimum absolute atomic E-state index is 0.0984. The van der Waals surface area contributed by atoms with Gasteiger partial charge in [0.2, 0.25) is 0 Å². The minimum Gasteiger partial charge on any atom is -0.497 e. The molecule has 1 unspecified atom stereocenters. The first-order valence-electron chi connectivity index (χ1n) is 11.6. The largest absolute Gasteiger partial charge is 0.497 e. The van der Waals surface area contributed by atoms with Gasteiger partial charge in [0, 0.05) is 13.1 Å². The first-order valence-corrected chi connectivity index (χ1v) is 13.2. The molecular formula is C25H30ClN5O2S. The van der Waals surface area contributed by atoms with Crippen LogP contribution in [-0.2, 0) is 17.4 Å². The maximum absolute atomic E-state index is 12.3. The molecule has 0 saturated carbocycles. The summed E-state index contributed by atoms with van der Waals surface area (Å²) in [5.74, 6) is 2.05. The van der Waals surface area contributed by atoms with E-state index in [0.717, 1.165) is 55.9 Å². The SMILES string of the molecule is COc1ccc2c(c1)CC1(CCN(c3cnc4nc(Cl)ccc4n3)CC1)[C@@H]2CC(C)(C)S(N)=O. The highest BCUT2D eigenvalue weighted by molar-refractivity contribution is 7.84. The Bertz CT molecular complexity index is 1260. The van der Waals surface area contributed by atoms with Crippen LogP contribution in [0.1, 0.15) is 50.2 Å². The van der Waals surface area contributed by atoms with Gasteiger partial charge < -0.3 is 9.64 Å². The first-order chi connectivity index (χ1) is 16.2. The molecule has 9 heteroatoms. The van der Waals surface area contributed by atoms with Crippen LogP contribution in [0, 0.1) is 5.41 Å². The fourth-order valence-corrected chi connectivity index (χ4v) is 6.14. The van der Waals surface area contributed by atoms with Crippen LogP contribution in [0.5, 0.6) is 5.75 Å². The molecule has 3 aromatic rings. The lowest BCUT2D eigenvalue weighted by Gasteiger charge is -2.45. The van der Waals surface area contributed by atoms with Gasteiger partial charge in [-0.2, -0.15) is 0 Å². The van der Waals surface area contributed by atoms with Gasteiger partial charge in [0.1, 0.15) is 22.2 Å².